The fraction of sp³-hybridized carbons (Fsp3) is 0.250. The highest BCUT2D eigenvalue weighted by atomic mass is 16.5. The van der Waals surface area contributed by atoms with Crippen LogP contribution in [0.4, 0.5) is 11.5 Å². The van der Waals surface area contributed by atoms with E-state index < -0.39 is 17.6 Å². The van der Waals surface area contributed by atoms with Crippen molar-refractivity contribution >= 4 is 28.6 Å². The average molecular weight is 555 g/mol. The van der Waals surface area contributed by atoms with Gasteiger partial charge in [-0.05, 0) is 73.1 Å². The van der Waals surface area contributed by atoms with Crippen LogP contribution in [0.15, 0.2) is 73.2 Å². The lowest BCUT2D eigenvalue weighted by Gasteiger charge is -2.31. The molecule has 0 radical (unpaired) electrons. The quantitative estimate of drug-likeness (QED) is 0.177. The molecule has 1 aliphatic heterocycles. The van der Waals surface area contributed by atoms with Gasteiger partial charge in [-0.25, -0.2) is 19.0 Å². The molecule has 3 unspecified atom stereocenters. The number of aromatic nitrogens is 6. The first-order valence-corrected chi connectivity index (χ1v) is 13.1. The van der Waals surface area contributed by atoms with Crippen molar-refractivity contribution in [3.05, 3.63) is 84.3 Å². The number of nitrogens with zero attached hydrogens (tertiary/aromatic N) is 7. The molecule has 1 saturated carbocycles. The maximum atomic E-state index is 12.5. The summed E-state index contributed by atoms with van der Waals surface area (Å²) >= 11 is 0. The van der Waals surface area contributed by atoms with E-state index in [1.54, 1.807) is 15.2 Å². The van der Waals surface area contributed by atoms with Crippen LogP contribution in [0.3, 0.4) is 0 Å². The number of aliphatic hydroxyl groups excluding tert-OH is 2. The molecule has 5 aromatic rings. The minimum atomic E-state index is -1.36. The van der Waals surface area contributed by atoms with E-state index in [4.69, 9.17) is 14.9 Å². The van der Waals surface area contributed by atoms with Crippen molar-refractivity contribution in [1.82, 2.24) is 34.1 Å². The predicted molar refractivity (Wildman–Crippen MR) is 146 cm³/mol. The van der Waals surface area contributed by atoms with Crippen molar-refractivity contribution in [2.45, 2.75) is 31.7 Å². The van der Waals surface area contributed by atoms with Crippen molar-refractivity contribution in [3.8, 4) is 11.5 Å². The summed E-state index contributed by atoms with van der Waals surface area (Å²) in [5.74, 6) is -0.781. The number of anilines is 2. The zero-order chi connectivity index (χ0) is 28.2. The Labute approximate surface area is 233 Å². The summed E-state index contributed by atoms with van der Waals surface area (Å²) in [6.07, 6.45) is 8.16. The zero-order valence-corrected chi connectivity index (χ0v) is 21.9. The minimum Gasteiger partial charge on any atom is -0.498 e. The number of nitrogens with one attached hydrogen (secondary N) is 1. The summed E-state index contributed by atoms with van der Waals surface area (Å²) in [4.78, 5) is 22.8. The summed E-state index contributed by atoms with van der Waals surface area (Å²) < 4.78 is 9.57. The maximum absolute atomic E-state index is 12.5. The Morgan fingerprint density at radius 3 is 2.59 bits per heavy atom. The highest BCUT2D eigenvalue weighted by Crippen LogP contribution is 2.49. The Balaban J connectivity index is 1.12. The Morgan fingerprint density at radius 1 is 1.00 bits per heavy atom. The third-order valence-corrected chi connectivity index (χ3v) is 8.02. The van der Waals surface area contributed by atoms with Crippen LogP contribution in [0.2, 0.25) is 0 Å². The highest BCUT2D eigenvalue weighted by molar-refractivity contribution is 5.91. The molecule has 4 N–H and O–H groups in total. The second-order valence-electron chi connectivity index (χ2n) is 10.4. The van der Waals surface area contributed by atoms with Gasteiger partial charge >= 0.3 is 5.95 Å². The molecule has 208 valence electrons. The van der Waals surface area contributed by atoms with Gasteiger partial charge in [-0.2, -0.15) is 10.2 Å². The lowest BCUT2D eigenvalue weighted by Crippen LogP contribution is -2.40. The van der Waals surface area contributed by atoms with E-state index >= 15 is 0 Å². The molecular weight excluding hydrogens is 528 g/mol. The van der Waals surface area contributed by atoms with Crippen molar-refractivity contribution in [2.24, 2.45) is 5.92 Å². The van der Waals surface area contributed by atoms with Gasteiger partial charge in [0.1, 0.15) is 29.7 Å². The van der Waals surface area contributed by atoms with Crippen LogP contribution in [-0.4, -0.2) is 67.9 Å². The van der Waals surface area contributed by atoms with E-state index in [0.29, 0.717) is 35.9 Å². The number of carbonyl (C=O) groups is 1. The third kappa shape index (κ3) is 4.22. The molecule has 1 saturated heterocycles. The summed E-state index contributed by atoms with van der Waals surface area (Å²) in [6, 6.07) is 11.4. The number of hydrogen-bond donors (Lipinski definition) is 4. The largest absolute Gasteiger partial charge is 0.498 e. The van der Waals surface area contributed by atoms with Gasteiger partial charge in [0.2, 0.25) is 0 Å². The van der Waals surface area contributed by atoms with E-state index in [1.807, 2.05) is 49.5 Å². The average Bonchev–Trinajstić information content (AvgIpc) is 3.76. The number of rotatable bonds is 6. The normalized spacial score (nSPS) is 19.6. The number of likely N-dealkylation sites (tertiary alicyclic amines) is 1. The number of hydrogen-bond acceptors (Lipinski definition) is 10. The monoisotopic (exact) mass is 554 g/mol. The van der Waals surface area contributed by atoms with Crippen LogP contribution < -0.4 is 10.1 Å². The Bertz CT molecular complexity index is 1840. The topological polar surface area (TPSA) is 163 Å². The third-order valence-electron chi connectivity index (χ3n) is 8.02. The number of pyridine rings is 1. The zero-order valence-electron chi connectivity index (χ0n) is 21.9. The Kier molecular flexibility index (Phi) is 5.66. The first-order chi connectivity index (χ1) is 19.9. The SMILES string of the molecule is Cc1cc(Nc2ncnn3ccc(C4CC5CC4CN5C(=O)C(O)=C(O)O)c23)ccc1Oc1ccn2ncnc2c1. The molecule has 1 aromatic carbocycles. The van der Waals surface area contributed by atoms with Crippen LogP contribution in [-0.2, 0) is 4.79 Å². The molecule has 0 spiro atoms. The summed E-state index contributed by atoms with van der Waals surface area (Å²) in [7, 11) is 0. The molecule has 2 bridgehead atoms. The second kappa shape index (κ2) is 9.40. The van der Waals surface area contributed by atoms with Crippen molar-refractivity contribution < 1.29 is 24.9 Å². The van der Waals surface area contributed by atoms with Gasteiger partial charge in [-0.3, -0.25) is 4.79 Å². The first-order valence-electron chi connectivity index (χ1n) is 13.1. The molecule has 2 aliphatic rings. The van der Waals surface area contributed by atoms with E-state index in [2.05, 4.69) is 25.5 Å². The van der Waals surface area contributed by atoms with Gasteiger partial charge in [-0.1, -0.05) is 0 Å². The molecule has 1 aliphatic carbocycles. The van der Waals surface area contributed by atoms with Gasteiger partial charge in [-0.15, -0.1) is 0 Å². The number of aryl methyl sites for hydroxylation is 1. The molecule has 1 amide bonds. The number of piperidine rings is 1. The van der Waals surface area contributed by atoms with E-state index in [0.717, 1.165) is 28.8 Å². The molecule has 4 aromatic heterocycles. The van der Waals surface area contributed by atoms with E-state index in [-0.39, 0.29) is 17.9 Å². The Hall–Kier alpha value is -5.33. The number of fused-ring (bicyclic) bond motifs is 4. The predicted octanol–water partition coefficient (Wildman–Crippen LogP) is 4.16. The fourth-order valence-electron chi connectivity index (χ4n) is 6.15. The van der Waals surface area contributed by atoms with Gasteiger partial charge < -0.3 is 30.3 Å². The summed E-state index contributed by atoms with van der Waals surface area (Å²) in [5.41, 5.74) is 4.41. The number of ether oxygens (including phenoxy) is 1. The van der Waals surface area contributed by atoms with Crippen molar-refractivity contribution in [3.63, 3.8) is 0 Å². The number of benzene rings is 1. The summed E-state index contributed by atoms with van der Waals surface area (Å²) in [5, 5.41) is 39.9. The molecular formula is C28H26N8O5. The van der Waals surface area contributed by atoms with Gasteiger partial charge in [0.05, 0.1) is 0 Å². The molecule has 13 heteroatoms. The molecule has 5 heterocycles. The van der Waals surface area contributed by atoms with E-state index in [9.17, 15) is 9.90 Å². The number of aliphatic hydroxyl groups is 3. The molecule has 13 nitrogen and oxygen atoms in total. The lowest BCUT2D eigenvalue weighted by molar-refractivity contribution is -0.132. The minimum absolute atomic E-state index is 0.101. The number of carbonyl (C=O) groups excluding carboxylic acids is 1. The Morgan fingerprint density at radius 2 is 1.80 bits per heavy atom. The van der Waals surface area contributed by atoms with Gasteiger partial charge in [0.25, 0.3) is 11.7 Å². The van der Waals surface area contributed by atoms with Gasteiger partial charge in [0.15, 0.2) is 11.5 Å². The standard InChI is InChI=1S/C28H26N8O5/c1-15-8-17(2-3-22(15)41-19-4-6-35-23(11-19)29-13-31-35)33-26-24-20(5-7-36(24)32-14-30-26)21-10-18-9-16(21)12-34(18)27(38)25(37)28(39)40/h2-8,11,13-14,16,18,21,37,39-40H,9-10,12H2,1H3,(H,30,32,33). The molecule has 2 fully saturated rings. The smallest absolute Gasteiger partial charge is 0.324 e. The highest BCUT2D eigenvalue weighted by Gasteiger charge is 2.48. The van der Waals surface area contributed by atoms with Crippen LogP contribution in [0.1, 0.15) is 29.9 Å². The van der Waals surface area contributed by atoms with Crippen LogP contribution in [0.25, 0.3) is 11.2 Å². The van der Waals surface area contributed by atoms with Crippen LogP contribution >= 0.6 is 0 Å². The van der Waals surface area contributed by atoms with Crippen molar-refractivity contribution in [1.29, 1.82) is 0 Å². The molecule has 41 heavy (non-hydrogen) atoms. The first kappa shape index (κ1) is 24.7. The summed E-state index contributed by atoms with van der Waals surface area (Å²) in [6.45, 7) is 2.39. The van der Waals surface area contributed by atoms with E-state index in [1.165, 1.54) is 17.6 Å². The van der Waals surface area contributed by atoms with Crippen molar-refractivity contribution in [2.75, 3.05) is 11.9 Å². The molecule has 3 atom stereocenters. The maximum Gasteiger partial charge on any atom is 0.324 e. The fourth-order valence-corrected chi connectivity index (χ4v) is 6.15. The van der Waals surface area contributed by atoms with Crippen LogP contribution in [0.5, 0.6) is 11.5 Å². The van der Waals surface area contributed by atoms with Gasteiger partial charge in [0, 0.05) is 36.7 Å². The molecule has 7 rings (SSSR count). The number of amides is 1. The lowest BCUT2D eigenvalue weighted by atomic mass is 9.88. The second-order valence-corrected chi connectivity index (χ2v) is 10.4. The van der Waals surface area contributed by atoms with Crippen LogP contribution in [0, 0.1) is 12.8 Å².